The van der Waals surface area contributed by atoms with Crippen molar-refractivity contribution in [2.75, 3.05) is 51.0 Å². The normalized spacial score (nSPS) is 11.4. The van der Waals surface area contributed by atoms with E-state index in [1.165, 1.54) is 0 Å². The number of carbonyl (C=O) groups is 3. The van der Waals surface area contributed by atoms with Crippen LogP contribution in [0.15, 0.2) is 48.5 Å². The molecule has 0 aliphatic rings. The van der Waals surface area contributed by atoms with Gasteiger partial charge in [-0.1, -0.05) is 6.07 Å². The van der Waals surface area contributed by atoms with Crippen LogP contribution in [0.4, 0.5) is 11.4 Å². The van der Waals surface area contributed by atoms with E-state index in [9.17, 15) is 14.4 Å². The Bertz CT molecular complexity index is 895. The lowest BCUT2D eigenvalue weighted by molar-refractivity contribution is -0.862. The fourth-order valence-corrected chi connectivity index (χ4v) is 3.12. The Kier molecular flexibility index (Phi) is 9.02. The molecule has 0 aliphatic heterocycles. The Labute approximate surface area is 183 Å². The van der Waals surface area contributed by atoms with Crippen molar-refractivity contribution < 1.29 is 24.0 Å². The van der Waals surface area contributed by atoms with Gasteiger partial charge in [0.2, 0.25) is 0 Å². The topological polar surface area (TPSA) is 92.2 Å². The lowest BCUT2D eigenvalue weighted by Crippen LogP contribution is -3.11. The van der Waals surface area contributed by atoms with Gasteiger partial charge in [0.1, 0.15) is 5.75 Å². The van der Waals surface area contributed by atoms with Crippen LogP contribution in [0.25, 0.3) is 0 Å². The molecule has 3 amide bonds. The molecule has 1 unspecified atom stereocenters. The molecule has 31 heavy (non-hydrogen) atoms. The molecule has 0 spiro atoms. The number of nitrogens with zero attached hydrogens (tertiary/aromatic N) is 1. The van der Waals surface area contributed by atoms with Crippen LogP contribution in [-0.4, -0.2) is 63.0 Å². The van der Waals surface area contributed by atoms with E-state index in [1.54, 1.807) is 67.6 Å². The Morgan fingerprint density at radius 2 is 1.48 bits per heavy atom. The van der Waals surface area contributed by atoms with Gasteiger partial charge in [0.05, 0.1) is 14.2 Å². The van der Waals surface area contributed by atoms with E-state index in [1.807, 2.05) is 13.8 Å². The molecule has 0 bridgehead atoms. The number of anilines is 2. The summed E-state index contributed by atoms with van der Waals surface area (Å²) >= 11 is 0. The molecule has 166 valence electrons. The van der Waals surface area contributed by atoms with Gasteiger partial charge in [-0.3, -0.25) is 14.4 Å². The maximum absolute atomic E-state index is 12.5. The van der Waals surface area contributed by atoms with Crippen molar-refractivity contribution in [1.29, 1.82) is 0 Å². The smallest absolute Gasteiger partial charge is 0.279 e. The van der Waals surface area contributed by atoms with Crippen LogP contribution in [0.2, 0.25) is 0 Å². The van der Waals surface area contributed by atoms with Crippen molar-refractivity contribution in [2.45, 2.75) is 13.8 Å². The summed E-state index contributed by atoms with van der Waals surface area (Å²) in [4.78, 5) is 39.6. The second kappa shape index (κ2) is 11.7. The van der Waals surface area contributed by atoms with E-state index in [2.05, 4.69) is 10.6 Å². The summed E-state index contributed by atoms with van der Waals surface area (Å²) < 4.78 is 5.09. The number of carbonyl (C=O) groups excluding carboxylic acids is 3. The molecule has 0 radical (unpaired) electrons. The van der Waals surface area contributed by atoms with E-state index in [0.29, 0.717) is 35.8 Å². The van der Waals surface area contributed by atoms with Gasteiger partial charge in [0, 0.05) is 30.0 Å². The van der Waals surface area contributed by atoms with E-state index in [0.717, 1.165) is 4.90 Å². The molecular weight excluding hydrogens is 396 g/mol. The predicted molar refractivity (Wildman–Crippen MR) is 121 cm³/mol. The highest BCUT2D eigenvalue weighted by Gasteiger charge is 2.16. The number of rotatable bonds is 10. The minimum Gasteiger partial charge on any atom is -0.497 e. The Morgan fingerprint density at radius 3 is 2.03 bits per heavy atom. The number of nitrogens with one attached hydrogen (secondary N) is 3. The van der Waals surface area contributed by atoms with Crippen molar-refractivity contribution in [1.82, 2.24) is 4.90 Å². The monoisotopic (exact) mass is 427 g/mol. The lowest BCUT2D eigenvalue weighted by Gasteiger charge is -2.19. The first-order chi connectivity index (χ1) is 14.9. The number of hydrogen-bond acceptors (Lipinski definition) is 4. The van der Waals surface area contributed by atoms with Crippen LogP contribution < -0.4 is 20.3 Å². The predicted octanol–water partition coefficient (Wildman–Crippen LogP) is 1.27. The number of likely N-dealkylation sites (N-methyl/N-ethyl adjacent to an activating group) is 1. The number of methoxy groups -OCH3 is 1. The van der Waals surface area contributed by atoms with Gasteiger partial charge in [-0.25, -0.2) is 0 Å². The Balaban J connectivity index is 1.86. The molecule has 8 nitrogen and oxygen atoms in total. The van der Waals surface area contributed by atoms with Crippen molar-refractivity contribution in [3.8, 4) is 5.75 Å². The summed E-state index contributed by atoms with van der Waals surface area (Å²) in [5, 5.41) is 5.60. The summed E-state index contributed by atoms with van der Waals surface area (Å²) in [7, 11) is 3.35. The highest BCUT2D eigenvalue weighted by Crippen LogP contribution is 2.15. The standard InChI is InChI=1S/C23H30N4O4/c1-5-27(6-2)23(30)17-8-7-9-19(14-17)25-22(29)16-26(3)15-21(28)24-18-10-12-20(31-4)13-11-18/h7-14H,5-6,15-16H2,1-4H3,(H,24,28)(H,25,29)/p+1. The van der Waals surface area contributed by atoms with Crippen LogP contribution in [0, 0.1) is 0 Å². The van der Waals surface area contributed by atoms with Crippen molar-refractivity contribution in [3.63, 3.8) is 0 Å². The second-order valence-corrected chi connectivity index (χ2v) is 7.19. The largest absolute Gasteiger partial charge is 0.497 e. The van der Waals surface area contributed by atoms with Gasteiger partial charge < -0.3 is 25.2 Å². The summed E-state index contributed by atoms with van der Waals surface area (Å²) in [5.74, 6) is 0.212. The first-order valence-electron chi connectivity index (χ1n) is 10.3. The maximum atomic E-state index is 12.5. The Morgan fingerprint density at radius 1 is 0.903 bits per heavy atom. The Hall–Kier alpha value is -3.39. The van der Waals surface area contributed by atoms with E-state index in [-0.39, 0.29) is 30.8 Å². The third kappa shape index (κ3) is 7.42. The third-order valence-electron chi connectivity index (χ3n) is 4.74. The van der Waals surface area contributed by atoms with Crippen LogP contribution in [0.1, 0.15) is 24.2 Å². The SMILES string of the molecule is CCN(CC)C(=O)c1cccc(NC(=O)C[NH+](C)CC(=O)Nc2ccc(OC)cc2)c1. The summed E-state index contributed by atoms with van der Waals surface area (Å²) in [6.07, 6.45) is 0. The van der Waals surface area contributed by atoms with Gasteiger partial charge in [-0.2, -0.15) is 0 Å². The molecule has 0 fully saturated rings. The number of amides is 3. The molecule has 0 saturated carbocycles. The molecular formula is C23H31N4O4+. The first-order valence-corrected chi connectivity index (χ1v) is 10.3. The highest BCUT2D eigenvalue weighted by atomic mass is 16.5. The van der Waals surface area contributed by atoms with Crippen molar-refractivity contribution in [3.05, 3.63) is 54.1 Å². The van der Waals surface area contributed by atoms with E-state index >= 15 is 0 Å². The molecule has 0 aromatic heterocycles. The minimum absolute atomic E-state index is 0.0703. The zero-order valence-electron chi connectivity index (χ0n) is 18.5. The van der Waals surface area contributed by atoms with Gasteiger partial charge >= 0.3 is 0 Å². The van der Waals surface area contributed by atoms with Crippen LogP contribution in [-0.2, 0) is 9.59 Å². The molecule has 2 aromatic carbocycles. The van der Waals surface area contributed by atoms with Crippen molar-refractivity contribution >= 4 is 29.1 Å². The highest BCUT2D eigenvalue weighted by molar-refractivity contribution is 5.97. The van der Waals surface area contributed by atoms with Gasteiger partial charge in [-0.05, 0) is 56.3 Å². The number of hydrogen-bond donors (Lipinski definition) is 3. The molecule has 2 rings (SSSR count). The molecule has 0 saturated heterocycles. The fraction of sp³-hybridized carbons (Fsp3) is 0.348. The first kappa shape index (κ1) is 23.9. The van der Waals surface area contributed by atoms with Gasteiger partial charge in [0.15, 0.2) is 13.1 Å². The molecule has 3 N–H and O–H groups in total. The van der Waals surface area contributed by atoms with Crippen LogP contribution in [0.5, 0.6) is 5.75 Å². The second-order valence-electron chi connectivity index (χ2n) is 7.19. The molecule has 0 aliphatic carbocycles. The zero-order chi connectivity index (χ0) is 22.8. The minimum atomic E-state index is -0.234. The summed E-state index contributed by atoms with van der Waals surface area (Å²) in [6, 6.07) is 13.9. The van der Waals surface area contributed by atoms with Crippen molar-refractivity contribution in [2.24, 2.45) is 0 Å². The van der Waals surface area contributed by atoms with E-state index < -0.39 is 0 Å². The summed E-state index contributed by atoms with van der Waals surface area (Å²) in [6.45, 7) is 5.36. The van der Waals surface area contributed by atoms with Gasteiger partial charge in [0.25, 0.3) is 17.7 Å². The zero-order valence-corrected chi connectivity index (χ0v) is 18.5. The van der Waals surface area contributed by atoms with Gasteiger partial charge in [-0.15, -0.1) is 0 Å². The molecule has 8 heteroatoms. The molecule has 0 heterocycles. The number of benzene rings is 2. The maximum Gasteiger partial charge on any atom is 0.279 e. The average molecular weight is 428 g/mol. The average Bonchev–Trinajstić information content (AvgIpc) is 2.74. The quantitative estimate of drug-likeness (QED) is 0.533. The van der Waals surface area contributed by atoms with Crippen LogP contribution in [0.3, 0.4) is 0 Å². The molecule has 2 aromatic rings. The van der Waals surface area contributed by atoms with E-state index in [4.69, 9.17) is 4.74 Å². The number of quaternary nitrogens is 1. The third-order valence-corrected chi connectivity index (χ3v) is 4.74. The number of ether oxygens (including phenoxy) is 1. The lowest BCUT2D eigenvalue weighted by atomic mass is 10.1. The van der Waals surface area contributed by atoms with Crippen LogP contribution >= 0.6 is 0 Å². The summed E-state index contributed by atoms with van der Waals surface area (Å²) in [5.41, 5.74) is 1.75. The fourth-order valence-electron chi connectivity index (χ4n) is 3.12. The molecule has 1 atom stereocenters.